The third-order valence-electron chi connectivity index (χ3n) is 3.45. The van der Waals surface area contributed by atoms with Gasteiger partial charge in [-0.05, 0) is 25.0 Å². The van der Waals surface area contributed by atoms with E-state index < -0.39 is 22.3 Å². The van der Waals surface area contributed by atoms with Crippen LogP contribution in [0.5, 0.6) is 0 Å². The smallest absolute Gasteiger partial charge is 0.297 e. The maximum atomic E-state index is 12.1. The summed E-state index contributed by atoms with van der Waals surface area (Å²) in [5.41, 5.74) is 0. The summed E-state index contributed by atoms with van der Waals surface area (Å²) < 4.78 is 29.5. The fourth-order valence-corrected chi connectivity index (χ4v) is 3.50. The van der Waals surface area contributed by atoms with Gasteiger partial charge in [0.15, 0.2) is 0 Å². The minimum absolute atomic E-state index is 0.143. The lowest BCUT2D eigenvalue weighted by molar-refractivity contribution is 0.0224. The molecular weight excluding hydrogens is 264 g/mol. The van der Waals surface area contributed by atoms with Gasteiger partial charge in [-0.15, -0.1) is 0 Å². The van der Waals surface area contributed by atoms with Gasteiger partial charge in [0.25, 0.3) is 10.1 Å². The van der Waals surface area contributed by atoms with Crippen molar-refractivity contribution in [3.63, 3.8) is 0 Å². The van der Waals surface area contributed by atoms with E-state index in [0.717, 1.165) is 25.7 Å². The van der Waals surface area contributed by atoms with Crippen molar-refractivity contribution in [3.05, 3.63) is 30.3 Å². The lowest BCUT2D eigenvalue weighted by Crippen LogP contribution is -2.32. The van der Waals surface area contributed by atoms with E-state index in [4.69, 9.17) is 4.18 Å². The molecule has 1 fully saturated rings. The average Bonchev–Trinajstić information content (AvgIpc) is 2.40. The van der Waals surface area contributed by atoms with Gasteiger partial charge in [0.1, 0.15) is 6.10 Å². The van der Waals surface area contributed by atoms with Crippen LogP contribution in [0.3, 0.4) is 0 Å². The molecule has 1 aromatic rings. The molecule has 0 saturated heterocycles. The molecule has 0 amide bonds. The summed E-state index contributed by atoms with van der Waals surface area (Å²) in [5.74, 6) is 0. The van der Waals surface area contributed by atoms with Gasteiger partial charge in [0.05, 0.1) is 11.0 Å². The highest BCUT2D eigenvalue weighted by molar-refractivity contribution is 7.86. The zero-order chi connectivity index (χ0) is 13.7. The first-order valence-electron chi connectivity index (χ1n) is 6.76. The number of aliphatic hydroxyl groups is 1. The molecule has 0 bridgehead atoms. The van der Waals surface area contributed by atoms with E-state index in [9.17, 15) is 13.5 Å². The molecule has 0 spiro atoms. The van der Waals surface area contributed by atoms with E-state index in [1.165, 1.54) is 12.1 Å². The minimum Gasteiger partial charge on any atom is -0.390 e. The number of rotatable bonds is 3. The minimum atomic E-state index is -3.78. The molecule has 2 unspecified atom stereocenters. The molecule has 1 aliphatic rings. The standard InChI is InChI=1S/C14H20O4S/c15-13-10-6-1-2-7-11-14(13)18-19(16,17)12-8-4-3-5-9-12/h3-5,8-9,13-15H,1-2,6-7,10-11H2. The molecule has 1 N–H and O–H groups in total. The normalized spacial score (nSPS) is 25.5. The first-order valence-corrected chi connectivity index (χ1v) is 8.17. The molecule has 106 valence electrons. The number of hydrogen-bond acceptors (Lipinski definition) is 4. The molecule has 0 radical (unpaired) electrons. The van der Waals surface area contributed by atoms with Crippen LogP contribution >= 0.6 is 0 Å². The van der Waals surface area contributed by atoms with Crippen LogP contribution in [0.2, 0.25) is 0 Å². The second-order valence-electron chi connectivity index (χ2n) is 4.96. The third kappa shape index (κ3) is 4.03. The van der Waals surface area contributed by atoms with Crippen LogP contribution in [0.25, 0.3) is 0 Å². The molecular formula is C14H20O4S. The molecule has 1 saturated carbocycles. The average molecular weight is 284 g/mol. The van der Waals surface area contributed by atoms with Gasteiger partial charge in [0.2, 0.25) is 0 Å². The monoisotopic (exact) mass is 284 g/mol. The molecule has 0 heterocycles. The molecule has 1 aromatic carbocycles. The van der Waals surface area contributed by atoms with Crippen molar-refractivity contribution in [1.82, 2.24) is 0 Å². The van der Waals surface area contributed by atoms with Crippen molar-refractivity contribution >= 4 is 10.1 Å². The Morgan fingerprint density at radius 3 is 2.32 bits per heavy atom. The zero-order valence-corrected chi connectivity index (χ0v) is 11.7. The topological polar surface area (TPSA) is 63.6 Å². The van der Waals surface area contributed by atoms with Gasteiger partial charge >= 0.3 is 0 Å². The third-order valence-corrected chi connectivity index (χ3v) is 4.80. The van der Waals surface area contributed by atoms with Gasteiger partial charge in [0, 0.05) is 0 Å². The Labute approximate surface area is 114 Å². The second kappa shape index (κ2) is 6.50. The maximum Gasteiger partial charge on any atom is 0.297 e. The van der Waals surface area contributed by atoms with Crippen molar-refractivity contribution in [2.24, 2.45) is 0 Å². The summed E-state index contributed by atoms with van der Waals surface area (Å²) in [5, 5.41) is 9.99. The summed E-state index contributed by atoms with van der Waals surface area (Å²) in [6.07, 6.45) is 3.86. The van der Waals surface area contributed by atoms with Gasteiger partial charge in [-0.2, -0.15) is 8.42 Å². The highest BCUT2D eigenvalue weighted by Gasteiger charge is 2.27. The summed E-state index contributed by atoms with van der Waals surface area (Å²) in [6, 6.07) is 8.08. The van der Waals surface area contributed by atoms with Gasteiger partial charge < -0.3 is 5.11 Å². The molecule has 1 aliphatic carbocycles. The molecule has 2 rings (SSSR count). The SMILES string of the molecule is O=S(=O)(OC1CCCCCCC1O)c1ccccc1. The second-order valence-corrected chi connectivity index (χ2v) is 6.53. The predicted octanol–water partition coefficient (Wildman–Crippen LogP) is 2.48. The molecule has 19 heavy (non-hydrogen) atoms. The van der Waals surface area contributed by atoms with Gasteiger partial charge in [-0.3, -0.25) is 4.18 Å². The summed E-state index contributed by atoms with van der Waals surface area (Å²) in [7, 11) is -3.78. The van der Waals surface area contributed by atoms with Crippen LogP contribution in [-0.2, 0) is 14.3 Å². The van der Waals surface area contributed by atoms with Crippen LogP contribution in [0.4, 0.5) is 0 Å². The van der Waals surface area contributed by atoms with E-state index in [2.05, 4.69) is 0 Å². The summed E-state index contributed by atoms with van der Waals surface area (Å²) in [6.45, 7) is 0. The highest BCUT2D eigenvalue weighted by Crippen LogP contribution is 2.24. The lowest BCUT2D eigenvalue weighted by atomic mass is 9.96. The highest BCUT2D eigenvalue weighted by atomic mass is 32.2. The van der Waals surface area contributed by atoms with Crippen molar-refractivity contribution in [2.75, 3.05) is 0 Å². The predicted molar refractivity (Wildman–Crippen MR) is 72.2 cm³/mol. The van der Waals surface area contributed by atoms with Gasteiger partial charge in [-0.1, -0.05) is 43.9 Å². The summed E-state index contributed by atoms with van der Waals surface area (Å²) >= 11 is 0. The van der Waals surface area contributed by atoms with E-state index in [0.29, 0.717) is 12.8 Å². The Morgan fingerprint density at radius 2 is 1.63 bits per heavy atom. The molecule has 4 nitrogen and oxygen atoms in total. The Morgan fingerprint density at radius 1 is 1.00 bits per heavy atom. The van der Waals surface area contributed by atoms with E-state index >= 15 is 0 Å². The fraction of sp³-hybridized carbons (Fsp3) is 0.571. The number of hydrogen-bond donors (Lipinski definition) is 1. The Balaban J connectivity index is 2.09. The number of aliphatic hydroxyl groups excluding tert-OH is 1. The van der Waals surface area contributed by atoms with Crippen LogP contribution in [-0.4, -0.2) is 25.7 Å². The van der Waals surface area contributed by atoms with E-state index in [1.54, 1.807) is 18.2 Å². The van der Waals surface area contributed by atoms with Crippen LogP contribution in [0, 0.1) is 0 Å². The van der Waals surface area contributed by atoms with E-state index in [-0.39, 0.29) is 4.90 Å². The first kappa shape index (κ1) is 14.5. The lowest BCUT2D eigenvalue weighted by Gasteiger charge is -2.24. The van der Waals surface area contributed by atoms with Crippen LogP contribution in [0.15, 0.2) is 35.2 Å². The van der Waals surface area contributed by atoms with E-state index in [1.807, 2.05) is 0 Å². The molecule has 0 aliphatic heterocycles. The molecule has 0 aromatic heterocycles. The number of benzene rings is 1. The first-order chi connectivity index (χ1) is 9.09. The molecule has 5 heteroatoms. The Kier molecular flexibility index (Phi) is 4.96. The largest absolute Gasteiger partial charge is 0.390 e. The Hall–Kier alpha value is -0.910. The fourth-order valence-electron chi connectivity index (χ4n) is 2.35. The van der Waals surface area contributed by atoms with Crippen molar-refractivity contribution in [1.29, 1.82) is 0 Å². The van der Waals surface area contributed by atoms with Crippen LogP contribution in [0.1, 0.15) is 38.5 Å². The molecule has 2 atom stereocenters. The summed E-state index contributed by atoms with van der Waals surface area (Å²) in [4.78, 5) is 0.143. The Bertz CT molecular complexity index is 483. The zero-order valence-electron chi connectivity index (χ0n) is 10.9. The van der Waals surface area contributed by atoms with Crippen LogP contribution < -0.4 is 0 Å². The van der Waals surface area contributed by atoms with Crippen molar-refractivity contribution in [2.45, 2.75) is 55.6 Å². The quantitative estimate of drug-likeness (QED) is 0.866. The van der Waals surface area contributed by atoms with Crippen molar-refractivity contribution in [3.8, 4) is 0 Å². The van der Waals surface area contributed by atoms with Crippen molar-refractivity contribution < 1.29 is 17.7 Å². The van der Waals surface area contributed by atoms with Gasteiger partial charge in [-0.25, -0.2) is 0 Å². The maximum absolute atomic E-state index is 12.1.